The minimum absolute atomic E-state index is 0.201. The number of nitrogens with zero attached hydrogens (tertiary/aromatic N) is 3. The predicted octanol–water partition coefficient (Wildman–Crippen LogP) is 4.43. The quantitative estimate of drug-likeness (QED) is 0.682. The van der Waals surface area contributed by atoms with E-state index in [0.717, 1.165) is 43.6 Å². The molecule has 0 radical (unpaired) electrons. The molecule has 4 rings (SSSR count). The van der Waals surface area contributed by atoms with E-state index in [2.05, 4.69) is 19.5 Å². The first-order chi connectivity index (χ1) is 13.5. The molecule has 28 heavy (non-hydrogen) atoms. The van der Waals surface area contributed by atoms with Crippen LogP contribution in [0.5, 0.6) is 0 Å². The first-order valence-corrected chi connectivity index (χ1v) is 11.1. The standard InChI is InChI=1S/C20H21ClN4O2S/c1-14-13-15(21)10-11-18(14)28(26,27)24-17-8-5-4-7-16(17)20-23-22-19-9-3-2-6-12-25(19)20/h4-5,7-8,10-11,13,24H,2-3,6,9,12H2,1H3. The highest BCUT2D eigenvalue weighted by molar-refractivity contribution is 7.92. The van der Waals surface area contributed by atoms with Gasteiger partial charge in [-0.1, -0.05) is 30.2 Å². The van der Waals surface area contributed by atoms with Crippen molar-refractivity contribution in [2.45, 2.75) is 44.0 Å². The van der Waals surface area contributed by atoms with Gasteiger partial charge in [-0.3, -0.25) is 4.72 Å². The molecule has 1 aliphatic rings. The van der Waals surface area contributed by atoms with Gasteiger partial charge in [0.05, 0.1) is 10.6 Å². The van der Waals surface area contributed by atoms with Crippen molar-refractivity contribution in [2.24, 2.45) is 0 Å². The Morgan fingerprint density at radius 3 is 2.71 bits per heavy atom. The van der Waals surface area contributed by atoms with E-state index in [4.69, 9.17) is 11.6 Å². The van der Waals surface area contributed by atoms with Gasteiger partial charge in [0.2, 0.25) is 0 Å². The lowest BCUT2D eigenvalue weighted by atomic mass is 10.1. The Balaban J connectivity index is 1.74. The molecular weight excluding hydrogens is 396 g/mol. The fourth-order valence-corrected chi connectivity index (χ4v) is 5.10. The van der Waals surface area contributed by atoms with Crippen molar-refractivity contribution in [3.8, 4) is 11.4 Å². The van der Waals surface area contributed by atoms with E-state index in [1.54, 1.807) is 31.2 Å². The lowest BCUT2D eigenvalue weighted by Gasteiger charge is -2.14. The van der Waals surface area contributed by atoms with E-state index in [1.165, 1.54) is 6.07 Å². The predicted molar refractivity (Wildman–Crippen MR) is 110 cm³/mol. The third-order valence-electron chi connectivity index (χ3n) is 4.95. The number of hydrogen-bond donors (Lipinski definition) is 1. The van der Waals surface area contributed by atoms with Crippen LogP contribution in [0.15, 0.2) is 47.4 Å². The lowest BCUT2D eigenvalue weighted by Crippen LogP contribution is -2.15. The molecule has 1 N–H and O–H groups in total. The summed E-state index contributed by atoms with van der Waals surface area (Å²) in [6.45, 7) is 2.57. The highest BCUT2D eigenvalue weighted by atomic mass is 35.5. The fourth-order valence-electron chi connectivity index (χ4n) is 3.57. The van der Waals surface area contributed by atoms with Crippen molar-refractivity contribution in [2.75, 3.05) is 4.72 Å². The lowest BCUT2D eigenvalue weighted by molar-refractivity contribution is 0.600. The van der Waals surface area contributed by atoms with E-state index in [9.17, 15) is 8.42 Å². The maximum absolute atomic E-state index is 13.0. The van der Waals surface area contributed by atoms with Crippen LogP contribution in [0.25, 0.3) is 11.4 Å². The summed E-state index contributed by atoms with van der Waals surface area (Å²) in [5.74, 6) is 1.65. The van der Waals surface area contributed by atoms with Crippen LogP contribution in [0.3, 0.4) is 0 Å². The molecule has 146 valence electrons. The molecule has 0 amide bonds. The summed E-state index contributed by atoms with van der Waals surface area (Å²) in [5.41, 5.74) is 1.79. The summed E-state index contributed by atoms with van der Waals surface area (Å²) >= 11 is 5.97. The summed E-state index contributed by atoms with van der Waals surface area (Å²) in [4.78, 5) is 0.201. The minimum Gasteiger partial charge on any atom is -0.311 e. The molecule has 1 aliphatic heterocycles. The zero-order valence-electron chi connectivity index (χ0n) is 15.5. The van der Waals surface area contributed by atoms with E-state index < -0.39 is 10.0 Å². The van der Waals surface area contributed by atoms with Crippen LogP contribution >= 0.6 is 11.6 Å². The summed E-state index contributed by atoms with van der Waals surface area (Å²) < 4.78 is 30.8. The van der Waals surface area contributed by atoms with E-state index in [0.29, 0.717) is 22.1 Å². The molecule has 0 saturated carbocycles. The number of rotatable bonds is 4. The van der Waals surface area contributed by atoms with Gasteiger partial charge < -0.3 is 4.57 Å². The topological polar surface area (TPSA) is 76.9 Å². The number of hydrogen-bond acceptors (Lipinski definition) is 4. The number of para-hydroxylation sites is 1. The van der Waals surface area contributed by atoms with Gasteiger partial charge in [-0.05, 0) is 55.7 Å². The van der Waals surface area contributed by atoms with Gasteiger partial charge in [0.1, 0.15) is 5.82 Å². The van der Waals surface area contributed by atoms with Crippen LogP contribution in [0.1, 0.15) is 30.7 Å². The van der Waals surface area contributed by atoms with Crippen molar-refractivity contribution in [3.05, 3.63) is 58.9 Å². The van der Waals surface area contributed by atoms with E-state index >= 15 is 0 Å². The number of aryl methyl sites for hydroxylation is 2. The van der Waals surface area contributed by atoms with Crippen LogP contribution in [0.2, 0.25) is 5.02 Å². The third kappa shape index (κ3) is 3.64. The van der Waals surface area contributed by atoms with Gasteiger partial charge in [-0.15, -0.1) is 10.2 Å². The largest absolute Gasteiger partial charge is 0.311 e. The summed E-state index contributed by atoms with van der Waals surface area (Å²) in [5, 5.41) is 9.20. The van der Waals surface area contributed by atoms with Gasteiger partial charge in [0.25, 0.3) is 10.0 Å². The number of anilines is 1. The normalized spacial score (nSPS) is 14.4. The second-order valence-corrected chi connectivity index (χ2v) is 9.05. The molecule has 2 aromatic carbocycles. The molecule has 0 aliphatic carbocycles. The summed E-state index contributed by atoms with van der Waals surface area (Å²) in [7, 11) is -3.77. The molecule has 6 nitrogen and oxygen atoms in total. The van der Waals surface area contributed by atoms with Crippen LogP contribution in [-0.2, 0) is 23.0 Å². The number of aromatic nitrogens is 3. The summed E-state index contributed by atoms with van der Waals surface area (Å²) in [6, 6.07) is 12.0. The molecule has 0 saturated heterocycles. The van der Waals surface area contributed by atoms with Crippen molar-refractivity contribution in [1.29, 1.82) is 0 Å². The van der Waals surface area contributed by atoms with E-state index in [-0.39, 0.29) is 4.90 Å². The number of benzene rings is 2. The molecule has 0 bridgehead atoms. The number of halogens is 1. The monoisotopic (exact) mass is 416 g/mol. The molecule has 1 aromatic heterocycles. The second kappa shape index (κ2) is 7.56. The molecule has 0 atom stereocenters. The zero-order chi connectivity index (χ0) is 19.7. The van der Waals surface area contributed by atoms with Crippen molar-refractivity contribution in [3.63, 3.8) is 0 Å². The highest BCUT2D eigenvalue weighted by Gasteiger charge is 2.22. The van der Waals surface area contributed by atoms with E-state index in [1.807, 2.05) is 12.1 Å². The number of nitrogens with one attached hydrogen (secondary N) is 1. The average Bonchev–Trinajstić information content (AvgIpc) is 2.89. The SMILES string of the molecule is Cc1cc(Cl)ccc1S(=O)(=O)Nc1ccccc1-c1nnc2n1CCCCC2. The number of sulfonamides is 1. The van der Waals surface area contributed by atoms with Crippen LogP contribution in [0.4, 0.5) is 5.69 Å². The molecule has 0 unspecified atom stereocenters. The van der Waals surface area contributed by atoms with Gasteiger partial charge in [-0.2, -0.15) is 0 Å². The van der Waals surface area contributed by atoms with Crippen molar-refractivity contribution in [1.82, 2.24) is 14.8 Å². The Kier molecular flexibility index (Phi) is 5.12. The Morgan fingerprint density at radius 1 is 1.07 bits per heavy atom. The summed E-state index contributed by atoms with van der Waals surface area (Å²) in [6.07, 6.45) is 4.22. The maximum atomic E-state index is 13.0. The van der Waals surface area contributed by atoms with Gasteiger partial charge >= 0.3 is 0 Å². The second-order valence-electron chi connectivity index (χ2n) is 6.96. The van der Waals surface area contributed by atoms with Crippen LogP contribution < -0.4 is 4.72 Å². The van der Waals surface area contributed by atoms with Gasteiger partial charge in [0, 0.05) is 23.6 Å². The Labute approximate surface area is 169 Å². The maximum Gasteiger partial charge on any atom is 0.262 e. The Bertz CT molecular complexity index is 1120. The average molecular weight is 417 g/mol. The molecule has 3 aromatic rings. The first kappa shape index (κ1) is 19.0. The van der Waals surface area contributed by atoms with Crippen molar-refractivity contribution < 1.29 is 8.42 Å². The van der Waals surface area contributed by atoms with Crippen LogP contribution in [-0.4, -0.2) is 23.2 Å². The molecule has 8 heteroatoms. The Hall–Kier alpha value is -2.38. The molecule has 0 fully saturated rings. The zero-order valence-corrected chi connectivity index (χ0v) is 17.1. The number of fused-ring (bicyclic) bond motifs is 1. The molecular formula is C20H21ClN4O2S. The Morgan fingerprint density at radius 2 is 1.89 bits per heavy atom. The first-order valence-electron chi connectivity index (χ1n) is 9.26. The van der Waals surface area contributed by atoms with Crippen LogP contribution in [0, 0.1) is 6.92 Å². The van der Waals surface area contributed by atoms with Crippen molar-refractivity contribution >= 4 is 27.3 Å². The van der Waals surface area contributed by atoms with Gasteiger partial charge in [-0.25, -0.2) is 8.42 Å². The molecule has 2 heterocycles. The minimum atomic E-state index is -3.77. The third-order valence-corrected chi connectivity index (χ3v) is 6.71. The molecule has 0 spiro atoms. The smallest absolute Gasteiger partial charge is 0.262 e. The fraction of sp³-hybridized carbons (Fsp3) is 0.300. The van der Waals surface area contributed by atoms with Gasteiger partial charge in [0.15, 0.2) is 5.82 Å². The highest BCUT2D eigenvalue weighted by Crippen LogP contribution is 2.31.